The first-order valence-electron chi connectivity index (χ1n) is 9.46. The monoisotopic (exact) mass is 422 g/mol. The highest BCUT2D eigenvalue weighted by molar-refractivity contribution is 5.74. The van der Waals surface area contributed by atoms with E-state index in [9.17, 15) is 18.0 Å². The molecule has 0 bridgehead atoms. The van der Waals surface area contributed by atoms with E-state index in [2.05, 4.69) is 20.1 Å². The molecule has 1 aliphatic rings. The average molecular weight is 422 g/mol. The van der Waals surface area contributed by atoms with E-state index in [-0.39, 0.29) is 23.1 Å². The molecule has 4 heterocycles. The highest BCUT2D eigenvalue weighted by Gasteiger charge is 2.31. The summed E-state index contributed by atoms with van der Waals surface area (Å²) in [5.41, 5.74) is -0.951. The van der Waals surface area contributed by atoms with Gasteiger partial charge in [-0.2, -0.15) is 23.3 Å². The topological polar surface area (TPSA) is 88.9 Å². The number of fused-ring (bicyclic) bond motifs is 1. The lowest BCUT2D eigenvalue weighted by molar-refractivity contribution is -0.137. The van der Waals surface area contributed by atoms with Gasteiger partial charge in [-0.1, -0.05) is 0 Å². The number of halogens is 3. The van der Waals surface area contributed by atoms with Gasteiger partial charge in [0.15, 0.2) is 5.65 Å². The standard InChI is InChI=1S/C19H21F3N6O2/c1-18(2,3)28-15-13(9-24-28)16(29)26-17(25-15)27-7-6-12(10-27)30-14-5-4-11(8-23-14)19(20,21)22/h4-5,8-9,12H,6-7,10H2,1-3H3,(H,25,26,29). The van der Waals surface area contributed by atoms with Gasteiger partial charge in [-0.25, -0.2) is 9.67 Å². The zero-order valence-corrected chi connectivity index (χ0v) is 16.7. The van der Waals surface area contributed by atoms with Crippen LogP contribution in [0.25, 0.3) is 11.0 Å². The smallest absolute Gasteiger partial charge is 0.417 e. The molecule has 3 aromatic heterocycles. The lowest BCUT2D eigenvalue weighted by Crippen LogP contribution is -2.29. The highest BCUT2D eigenvalue weighted by atomic mass is 19.4. The molecule has 0 amide bonds. The fourth-order valence-corrected chi connectivity index (χ4v) is 3.35. The molecule has 160 valence electrons. The van der Waals surface area contributed by atoms with E-state index < -0.39 is 11.7 Å². The number of rotatable bonds is 3. The summed E-state index contributed by atoms with van der Waals surface area (Å²) in [5, 5.41) is 4.70. The highest BCUT2D eigenvalue weighted by Crippen LogP contribution is 2.30. The zero-order chi connectivity index (χ0) is 21.7. The number of ether oxygens (including phenoxy) is 1. The van der Waals surface area contributed by atoms with Crippen LogP contribution in [0, 0.1) is 0 Å². The van der Waals surface area contributed by atoms with Crippen LogP contribution in [0.5, 0.6) is 5.88 Å². The Balaban J connectivity index is 1.52. The average Bonchev–Trinajstić information content (AvgIpc) is 3.28. The van der Waals surface area contributed by atoms with Crippen molar-refractivity contribution in [3.05, 3.63) is 40.4 Å². The number of aromatic nitrogens is 5. The molecule has 11 heteroatoms. The molecule has 0 spiro atoms. The van der Waals surface area contributed by atoms with E-state index in [1.54, 1.807) is 4.68 Å². The maximum Gasteiger partial charge on any atom is 0.417 e. The van der Waals surface area contributed by atoms with Crippen molar-refractivity contribution >= 4 is 17.0 Å². The van der Waals surface area contributed by atoms with Crippen LogP contribution in [0.1, 0.15) is 32.8 Å². The Morgan fingerprint density at radius 3 is 2.60 bits per heavy atom. The molecule has 1 N–H and O–H groups in total. The predicted octanol–water partition coefficient (Wildman–Crippen LogP) is 2.95. The zero-order valence-electron chi connectivity index (χ0n) is 16.7. The molecule has 30 heavy (non-hydrogen) atoms. The van der Waals surface area contributed by atoms with E-state index in [4.69, 9.17) is 4.74 Å². The Labute approximate surface area is 169 Å². The van der Waals surface area contributed by atoms with Crippen LogP contribution >= 0.6 is 0 Å². The van der Waals surface area contributed by atoms with Crippen LogP contribution in [0.15, 0.2) is 29.3 Å². The first-order valence-corrected chi connectivity index (χ1v) is 9.46. The van der Waals surface area contributed by atoms with Crippen molar-refractivity contribution in [2.75, 3.05) is 18.0 Å². The second kappa shape index (κ2) is 6.99. The Morgan fingerprint density at radius 2 is 1.97 bits per heavy atom. The Bertz CT molecular complexity index is 1110. The molecular formula is C19H21F3N6O2. The van der Waals surface area contributed by atoms with Crippen molar-refractivity contribution in [2.24, 2.45) is 0 Å². The second-order valence-electron chi connectivity index (χ2n) is 8.21. The molecule has 1 fully saturated rings. The van der Waals surface area contributed by atoms with Gasteiger partial charge in [0.2, 0.25) is 11.8 Å². The van der Waals surface area contributed by atoms with Gasteiger partial charge < -0.3 is 9.64 Å². The summed E-state index contributed by atoms with van der Waals surface area (Å²) in [4.78, 5) is 25.5. The number of H-pyrrole nitrogens is 1. The van der Waals surface area contributed by atoms with Crippen molar-refractivity contribution in [3.63, 3.8) is 0 Å². The number of nitrogens with one attached hydrogen (secondary N) is 1. The summed E-state index contributed by atoms with van der Waals surface area (Å²) in [6.45, 7) is 6.90. The third-order valence-electron chi connectivity index (χ3n) is 4.86. The van der Waals surface area contributed by atoms with Crippen molar-refractivity contribution in [2.45, 2.75) is 45.0 Å². The normalized spacial score (nSPS) is 17.7. The lowest BCUT2D eigenvalue weighted by atomic mass is 10.1. The lowest BCUT2D eigenvalue weighted by Gasteiger charge is -2.21. The minimum atomic E-state index is -4.44. The number of anilines is 1. The van der Waals surface area contributed by atoms with Gasteiger partial charge in [0, 0.05) is 25.2 Å². The van der Waals surface area contributed by atoms with Crippen molar-refractivity contribution in [1.29, 1.82) is 0 Å². The van der Waals surface area contributed by atoms with Gasteiger partial charge in [-0.15, -0.1) is 0 Å². The third kappa shape index (κ3) is 3.83. The summed E-state index contributed by atoms with van der Waals surface area (Å²) < 4.78 is 45.4. The number of hydrogen-bond acceptors (Lipinski definition) is 6. The maximum absolute atomic E-state index is 12.7. The van der Waals surface area contributed by atoms with Crippen molar-refractivity contribution in [1.82, 2.24) is 24.7 Å². The predicted molar refractivity (Wildman–Crippen MR) is 104 cm³/mol. The fraction of sp³-hybridized carbons (Fsp3) is 0.474. The minimum Gasteiger partial charge on any atom is -0.472 e. The van der Waals surface area contributed by atoms with Crippen LogP contribution in [0.2, 0.25) is 0 Å². The largest absolute Gasteiger partial charge is 0.472 e. The van der Waals surface area contributed by atoms with Gasteiger partial charge in [0.1, 0.15) is 11.5 Å². The van der Waals surface area contributed by atoms with E-state index in [0.717, 1.165) is 12.3 Å². The third-order valence-corrected chi connectivity index (χ3v) is 4.86. The quantitative estimate of drug-likeness (QED) is 0.698. The number of nitrogens with zero attached hydrogens (tertiary/aromatic N) is 5. The Morgan fingerprint density at radius 1 is 1.20 bits per heavy atom. The molecule has 3 aromatic rings. The molecule has 0 aliphatic carbocycles. The molecular weight excluding hydrogens is 401 g/mol. The van der Waals surface area contributed by atoms with E-state index in [0.29, 0.717) is 36.5 Å². The summed E-state index contributed by atoms with van der Waals surface area (Å²) in [7, 11) is 0. The first-order chi connectivity index (χ1) is 14.0. The van der Waals surface area contributed by atoms with E-state index in [1.807, 2.05) is 25.7 Å². The molecule has 1 unspecified atom stereocenters. The Kier molecular flexibility index (Phi) is 4.70. The van der Waals surface area contributed by atoms with Crippen LogP contribution in [0.3, 0.4) is 0 Å². The summed E-state index contributed by atoms with van der Waals surface area (Å²) in [5.74, 6) is 0.530. The molecule has 1 atom stereocenters. The fourth-order valence-electron chi connectivity index (χ4n) is 3.35. The van der Waals surface area contributed by atoms with Gasteiger partial charge in [-0.05, 0) is 26.8 Å². The summed E-state index contributed by atoms with van der Waals surface area (Å²) >= 11 is 0. The van der Waals surface area contributed by atoms with Gasteiger partial charge in [0.05, 0.1) is 23.8 Å². The van der Waals surface area contributed by atoms with Crippen LogP contribution in [-0.2, 0) is 11.7 Å². The summed E-state index contributed by atoms with van der Waals surface area (Å²) in [6, 6.07) is 2.15. The van der Waals surface area contributed by atoms with E-state index in [1.165, 1.54) is 12.3 Å². The van der Waals surface area contributed by atoms with Gasteiger partial charge in [0.25, 0.3) is 5.56 Å². The molecule has 0 saturated carbocycles. The molecule has 0 aromatic carbocycles. The molecule has 8 nitrogen and oxygen atoms in total. The van der Waals surface area contributed by atoms with E-state index >= 15 is 0 Å². The first kappa shape index (κ1) is 20.2. The minimum absolute atomic E-state index is 0.123. The maximum atomic E-state index is 12.7. The van der Waals surface area contributed by atoms with Gasteiger partial charge in [-0.3, -0.25) is 9.78 Å². The van der Waals surface area contributed by atoms with Gasteiger partial charge >= 0.3 is 6.18 Å². The molecule has 0 radical (unpaired) electrons. The molecule has 1 aliphatic heterocycles. The number of pyridine rings is 1. The second-order valence-corrected chi connectivity index (χ2v) is 8.21. The molecule has 1 saturated heterocycles. The van der Waals surface area contributed by atoms with Crippen molar-refractivity contribution in [3.8, 4) is 5.88 Å². The Hall–Kier alpha value is -3.11. The van der Waals surface area contributed by atoms with Crippen LogP contribution < -0.4 is 15.2 Å². The number of alkyl halides is 3. The molecule has 4 rings (SSSR count). The van der Waals surface area contributed by atoms with Crippen LogP contribution in [-0.4, -0.2) is 43.9 Å². The SMILES string of the molecule is CC(C)(C)n1ncc2c(=O)[nH]c(N3CCC(Oc4ccc(C(F)(F)F)cn4)C3)nc21. The number of hydrogen-bond donors (Lipinski definition) is 1. The van der Waals surface area contributed by atoms with Crippen LogP contribution in [0.4, 0.5) is 19.1 Å². The number of aromatic amines is 1. The van der Waals surface area contributed by atoms with Crippen molar-refractivity contribution < 1.29 is 17.9 Å². The summed E-state index contributed by atoms with van der Waals surface area (Å²) in [6.07, 6.45) is -1.86.